The molecule has 0 spiro atoms. The quantitative estimate of drug-likeness (QED) is 0.652. The zero-order valence-corrected chi connectivity index (χ0v) is 16.0. The molecule has 2 aromatic heterocycles. The van der Waals surface area contributed by atoms with Crippen molar-refractivity contribution in [2.24, 2.45) is 0 Å². The molecule has 3 heterocycles. The van der Waals surface area contributed by atoms with Gasteiger partial charge in [0.05, 0.1) is 18.3 Å². The van der Waals surface area contributed by atoms with Gasteiger partial charge >= 0.3 is 0 Å². The van der Waals surface area contributed by atoms with Gasteiger partial charge in [0.15, 0.2) is 5.76 Å². The number of nitrogens with zero attached hydrogens (tertiary/aromatic N) is 4. The summed E-state index contributed by atoms with van der Waals surface area (Å²) >= 11 is 0. The molecule has 154 valence electrons. The highest BCUT2D eigenvalue weighted by Gasteiger charge is 2.26. The number of benzene rings is 1. The van der Waals surface area contributed by atoms with Gasteiger partial charge in [-0.3, -0.25) is 19.0 Å². The van der Waals surface area contributed by atoms with Gasteiger partial charge in [-0.05, 0) is 36.4 Å². The lowest BCUT2D eigenvalue weighted by Crippen LogP contribution is -2.51. The number of piperazine rings is 1. The van der Waals surface area contributed by atoms with Crippen LogP contribution in [0.4, 0.5) is 4.39 Å². The fourth-order valence-electron chi connectivity index (χ4n) is 3.28. The molecule has 0 bridgehead atoms. The fourth-order valence-corrected chi connectivity index (χ4v) is 3.28. The Morgan fingerprint density at radius 2 is 1.73 bits per heavy atom. The second-order valence-corrected chi connectivity index (χ2v) is 6.90. The van der Waals surface area contributed by atoms with E-state index in [4.69, 9.17) is 4.42 Å². The third-order valence-corrected chi connectivity index (χ3v) is 4.98. The van der Waals surface area contributed by atoms with Gasteiger partial charge in [-0.1, -0.05) is 0 Å². The molecule has 0 N–H and O–H groups in total. The molecule has 1 aliphatic heterocycles. The monoisotopic (exact) mass is 410 g/mol. The predicted molar refractivity (Wildman–Crippen MR) is 105 cm³/mol. The Morgan fingerprint density at radius 3 is 2.37 bits per heavy atom. The number of hydrogen-bond acceptors (Lipinski definition) is 5. The van der Waals surface area contributed by atoms with Crippen molar-refractivity contribution >= 4 is 11.8 Å². The molecule has 1 saturated heterocycles. The summed E-state index contributed by atoms with van der Waals surface area (Å²) < 4.78 is 19.4. The molecule has 8 nitrogen and oxygen atoms in total. The highest BCUT2D eigenvalue weighted by atomic mass is 19.1. The Kier molecular flexibility index (Phi) is 5.42. The smallest absolute Gasteiger partial charge is 0.289 e. The standard InChI is InChI=1S/C21H19FN4O4/c22-16-5-3-15(4-6-16)17-12-19(27)26(14-23-17)13-20(28)24-7-9-25(10-8-24)21(29)18-2-1-11-30-18/h1-6,11-12,14H,7-10,13H2. The molecule has 30 heavy (non-hydrogen) atoms. The summed E-state index contributed by atoms with van der Waals surface area (Å²) in [5.41, 5.74) is 0.655. The highest BCUT2D eigenvalue weighted by molar-refractivity contribution is 5.91. The number of furan rings is 1. The number of halogens is 1. The van der Waals surface area contributed by atoms with Crippen LogP contribution < -0.4 is 5.56 Å². The maximum atomic E-state index is 13.1. The Balaban J connectivity index is 1.37. The zero-order valence-electron chi connectivity index (χ0n) is 16.0. The van der Waals surface area contributed by atoms with Crippen molar-refractivity contribution in [3.63, 3.8) is 0 Å². The second-order valence-electron chi connectivity index (χ2n) is 6.90. The minimum absolute atomic E-state index is 0.137. The van der Waals surface area contributed by atoms with Crippen molar-refractivity contribution in [3.05, 3.63) is 77.0 Å². The molecule has 0 atom stereocenters. The minimum atomic E-state index is -0.372. The van der Waals surface area contributed by atoms with E-state index in [0.717, 1.165) is 0 Å². The van der Waals surface area contributed by atoms with Crippen LogP contribution in [0.3, 0.4) is 0 Å². The largest absolute Gasteiger partial charge is 0.459 e. The van der Waals surface area contributed by atoms with Crippen molar-refractivity contribution in [3.8, 4) is 11.3 Å². The maximum absolute atomic E-state index is 13.1. The van der Waals surface area contributed by atoms with Crippen LogP contribution in [0, 0.1) is 5.82 Å². The Morgan fingerprint density at radius 1 is 1.03 bits per heavy atom. The number of hydrogen-bond donors (Lipinski definition) is 0. The molecule has 9 heteroatoms. The van der Waals surface area contributed by atoms with E-state index in [0.29, 0.717) is 37.4 Å². The van der Waals surface area contributed by atoms with Gasteiger partial charge in [0.2, 0.25) is 5.91 Å². The van der Waals surface area contributed by atoms with Crippen molar-refractivity contribution in [2.75, 3.05) is 26.2 Å². The zero-order chi connectivity index (χ0) is 21.1. The SMILES string of the molecule is O=C(Cn1cnc(-c2ccc(F)cc2)cc1=O)N1CCN(C(=O)c2ccco2)CC1. The third-order valence-electron chi connectivity index (χ3n) is 4.98. The van der Waals surface area contributed by atoms with E-state index < -0.39 is 0 Å². The van der Waals surface area contributed by atoms with Crippen LogP contribution in [0.5, 0.6) is 0 Å². The van der Waals surface area contributed by atoms with Crippen LogP contribution in [0.1, 0.15) is 10.6 Å². The number of amides is 2. The number of rotatable bonds is 4. The van der Waals surface area contributed by atoms with Crippen LogP contribution in [0.2, 0.25) is 0 Å². The molecule has 1 fully saturated rings. The van der Waals surface area contributed by atoms with Crippen LogP contribution in [-0.4, -0.2) is 57.3 Å². The molecule has 3 aromatic rings. The van der Waals surface area contributed by atoms with E-state index in [9.17, 15) is 18.8 Å². The van der Waals surface area contributed by atoms with Gasteiger partial charge in [-0.15, -0.1) is 0 Å². The topological polar surface area (TPSA) is 88.7 Å². The molecule has 0 aliphatic carbocycles. The lowest BCUT2D eigenvalue weighted by atomic mass is 10.1. The second kappa shape index (κ2) is 8.32. The first-order valence-corrected chi connectivity index (χ1v) is 9.44. The highest BCUT2D eigenvalue weighted by Crippen LogP contribution is 2.15. The van der Waals surface area contributed by atoms with Gasteiger partial charge in [0.25, 0.3) is 11.5 Å². The fraction of sp³-hybridized carbons (Fsp3) is 0.238. The molecule has 0 saturated carbocycles. The Labute approximate surface area is 171 Å². The van der Waals surface area contributed by atoms with E-state index in [1.165, 1.54) is 47.5 Å². The van der Waals surface area contributed by atoms with Crippen LogP contribution in [0.15, 0.2) is 64.3 Å². The van der Waals surface area contributed by atoms with Gasteiger partial charge in [-0.25, -0.2) is 9.37 Å². The summed E-state index contributed by atoms with van der Waals surface area (Å²) in [6.45, 7) is 1.40. The van der Waals surface area contributed by atoms with Gasteiger partial charge in [0, 0.05) is 37.8 Å². The molecule has 4 rings (SSSR count). The molecule has 0 unspecified atom stereocenters. The van der Waals surface area contributed by atoms with Crippen LogP contribution in [-0.2, 0) is 11.3 Å². The average Bonchev–Trinajstić information content (AvgIpc) is 3.30. The first-order chi connectivity index (χ1) is 14.5. The van der Waals surface area contributed by atoms with E-state index in [-0.39, 0.29) is 35.5 Å². The van der Waals surface area contributed by atoms with E-state index in [1.807, 2.05) is 0 Å². The van der Waals surface area contributed by atoms with Gasteiger partial charge in [0.1, 0.15) is 12.4 Å². The minimum Gasteiger partial charge on any atom is -0.459 e. The van der Waals surface area contributed by atoms with Crippen molar-refractivity contribution in [2.45, 2.75) is 6.54 Å². The first kappa shape index (κ1) is 19.6. The molecule has 1 aliphatic rings. The Bertz CT molecular complexity index is 1100. The van der Waals surface area contributed by atoms with Crippen molar-refractivity contribution in [1.82, 2.24) is 19.4 Å². The molecular formula is C21H19FN4O4. The van der Waals surface area contributed by atoms with E-state index in [2.05, 4.69) is 4.98 Å². The van der Waals surface area contributed by atoms with Crippen molar-refractivity contribution < 1.29 is 18.4 Å². The van der Waals surface area contributed by atoms with E-state index in [1.54, 1.807) is 21.9 Å². The summed E-state index contributed by atoms with van der Waals surface area (Å²) in [6.07, 6.45) is 2.76. The molecular weight excluding hydrogens is 391 g/mol. The lowest BCUT2D eigenvalue weighted by Gasteiger charge is -2.34. The van der Waals surface area contributed by atoms with Crippen molar-refractivity contribution in [1.29, 1.82) is 0 Å². The predicted octanol–water partition coefficient (Wildman–Crippen LogP) is 1.63. The summed E-state index contributed by atoms with van der Waals surface area (Å²) in [6, 6.07) is 10.2. The number of carbonyl (C=O) groups is 2. The molecule has 0 radical (unpaired) electrons. The maximum Gasteiger partial charge on any atom is 0.289 e. The molecule has 2 amide bonds. The Hall–Kier alpha value is -3.75. The first-order valence-electron chi connectivity index (χ1n) is 9.44. The average molecular weight is 410 g/mol. The molecule has 1 aromatic carbocycles. The van der Waals surface area contributed by atoms with E-state index >= 15 is 0 Å². The lowest BCUT2D eigenvalue weighted by molar-refractivity contribution is -0.133. The third kappa shape index (κ3) is 4.14. The number of carbonyl (C=O) groups excluding carboxylic acids is 2. The van der Waals surface area contributed by atoms with Gasteiger partial charge < -0.3 is 14.2 Å². The van der Waals surface area contributed by atoms with Crippen LogP contribution in [0.25, 0.3) is 11.3 Å². The summed E-state index contributed by atoms with van der Waals surface area (Å²) in [5, 5.41) is 0. The summed E-state index contributed by atoms with van der Waals surface area (Å²) in [4.78, 5) is 44.7. The summed E-state index contributed by atoms with van der Waals surface area (Å²) in [7, 11) is 0. The van der Waals surface area contributed by atoms with Crippen LogP contribution >= 0.6 is 0 Å². The normalized spacial score (nSPS) is 14.0. The number of aromatic nitrogens is 2. The summed E-state index contributed by atoms with van der Waals surface area (Å²) in [5.74, 6) is -0.528. The van der Waals surface area contributed by atoms with Gasteiger partial charge in [-0.2, -0.15) is 0 Å².